The number of benzene rings is 1. The third kappa shape index (κ3) is 3.43. The molecule has 1 aliphatic heterocycles. The van der Waals surface area contributed by atoms with Crippen LogP contribution in [0.4, 0.5) is 0 Å². The van der Waals surface area contributed by atoms with E-state index >= 15 is 0 Å². The summed E-state index contributed by atoms with van der Waals surface area (Å²) in [4.78, 5) is 24.8. The molecule has 118 valence electrons. The smallest absolute Gasteiger partial charge is 0.307 e. The van der Waals surface area contributed by atoms with Gasteiger partial charge in [0.05, 0.1) is 11.8 Å². The molecule has 1 heterocycles. The van der Waals surface area contributed by atoms with Gasteiger partial charge in [-0.3, -0.25) is 9.59 Å². The highest BCUT2D eigenvalue weighted by molar-refractivity contribution is 9.10. The van der Waals surface area contributed by atoms with Gasteiger partial charge in [-0.25, -0.2) is 0 Å². The number of piperidine rings is 1. The molecular formula is C16H18BrNO4. The van der Waals surface area contributed by atoms with Crippen molar-refractivity contribution in [1.29, 1.82) is 0 Å². The van der Waals surface area contributed by atoms with Gasteiger partial charge in [-0.15, -0.1) is 0 Å². The monoisotopic (exact) mass is 367 g/mol. The van der Waals surface area contributed by atoms with Crippen LogP contribution in [0.5, 0.6) is 5.75 Å². The second kappa shape index (κ2) is 6.28. The fourth-order valence-corrected chi connectivity index (χ4v) is 3.28. The van der Waals surface area contributed by atoms with Crippen molar-refractivity contribution in [2.45, 2.75) is 25.4 Å². The van der Waals surface area contributed by atoms with Crippen molar-refractivity contribution in [2.75, 3.05) is 13.1 Å². The van der Waals surface area contributed by atoms with E-state index in [1.165, 1.54) is 0 Å². The number of carbonyl (C=O) groups excluding carboxylic acids is 1. The van der Waals surface area contributed by atoms with Crippen LogP contribution >= 0.6 is 15.9 Å². The first kappa shape index (κ1) is 15.3. The van der Waals surface area contributed by atoms with Gasteiger partial charge in [0, 0.05) is 30.4 Å². The largest absolute Gasteiger partial charge is 0.490 e. The standard InChI is InChI=1S/C16H18BrNO4/c17-10-2-1-3-12(8-10)22-11-4-6-18(7-5-11)15(19)13-9-14(13)16(20)21/h1-3,8,11,13-14H,4-7,9H2,(H,20,21). The molecule has 2 fully saturated rings. The average Bonchev–Trinajstić information content (AvgIpc) is 3.28. The molecule has 0 bridgehead atoms. The fraction of sp³-hybridized carbons (Fsp3) is 0.500. The summed E-state index contributed by atoms with van der Waals surface area (Å²) in [7, 11) is 0. The van der Waals surface area contributed by atoms with Gasteiger partial charge in [0.2, 0.25) is 5.91 Å². The minimum Gasteiger partial charge on any atom is -0.490 e. The van der Waals surface area contributed by atoms with Gasteiger partial charge >= 0.3 is 5.97 Å². The Hall–Kier alpha value is -1.56. The van der Waals surface area contributed by atoms with Gasteiger partial charge < -0.3 is 14.7 Å². The van der Waals surface area contributed by atoms with Crippen molar-refractivity contribution in [3.8, 4) is 5.75 Å². The Kier molecular flexibility index (Phi) is 4.38. The van der Waals surface area contributed by atoms with Crippen LogP contribution < -0.4 is 4.74 Å². The molecule has 1 N–H and O–H groups in total. The maximum Gasteiger partial charge on any atom is 0.307 e. The SMILES string of the molecule is O=C(O)C1CC1C(=O)N1CCC(Oc2cccc(Br)c2)CC1. The molecule has 2 unspecified atom stereocenters. The Bertz CT molecular complexity index is 583. The summed E-state index contributed by atoms with van der Waals surface area (Å²) in [6.45, 7) is 1.28. The van der Waals surface area contributed by atoms with E-state index < -0.39 is 11.9 Å². The van der Waals surface area contributed by atoms with Gasteiger partial charge in [-0.2, -0.15) is 0 Å². The first-order valence-electron chi connectivity index (χ1n) is 7.48. The molecule has 6 heteroatoms. The Morgan fingerprint density at radius 1 is 1.23 bits per heavy atom. The first-order valence-corrected chi connectivity index (χ1v) is 8.27. The molecule has 1 amide bonds. The molecule has 0 radical (unpaired) electrons. The summed E-state index contributed by atoms with van der Waals surface area (Å²) >= 11 is 3.41. The number of halogens is 1. The lowest BCUT2D eigenvalue weighted by molar-refractivity contribution is -0.142. The minimum absolute atomic E-state index is 0.00620. The number of amides is 1. The van der Waals surface area contributed by atoms with E-state index in [2.05, 4.69) is 15.9 Å². The Morgan fingerprint density at radius 3 is 2.55 bits per heavy atom. The summed E-state index contributed by atoms with van der Waals surface area (Å²) in [5.74, 6) is -0.810. The van der Waals surface area contributed by atoms with Crippen molar-refractivity contribution >= 4 is 27.8 Å². The number of carbonyl (C=O) groups is 2. The quantitative estimate of drug-likeness (QED) is 0.887. The van der Waals surface area contributed by atoms with Crippen LogP contribution in [0.2, 0.25) is 0 Å². The number of likely N-dealkylation sites (tertiary alicyclic amines) is 1. The zero-order valence-corrected chi connectivity index (χ0v) is 13.7. The van der Waals surface area contributed by atoms with Gasteiger partial charge in [-0.05, 0) is 24.6 Å². The van der Waals surface area contributed by atoms with Crippen LogP contribution in [0.25, 0.3) is 0 Å². The number of carboxylic acids is 1. The maximum absolute atomic E-state index is 12.2. The van der Waals surface area contributed by atoms with Crippen molar-refractivity contribution < 1.29 is 19.4 Å². The number of hydrogen-bond acceptors (Lipinski definition) is 3. The number of hydrogen-bond donors (Lipinski definition) is 1. The first-order chi connectivity index (χ1) is 10.5. The summed E-state index contributed by atoms with van der Waals surface area (Å²) < 4.78 is 6.92. The number of rotatable bonds is 4. The van der Waals surface area contributed by atoms with E-state index in [-0.39, 0.29) is 17.9 Å². The fourth-order valence-electron chi connectivity index (χ4n) is 2.90. The zero-order valence-electron chi connectivity index (χ0n) is 12.1. The van der Waals surface area contributed by atoms with Crippen molar-refractivity contribution in [3.63, 3.8) is 0 Å². The molecule has 1 aliphatic carbocycles. The van der Waals surface area contributed by atoms with Gasteiger partial charge in [0.15, 0.2) is 0 Å². The van der Waals surface area contributed by atoms with Crippen LogP contribution in [-0.4, -0.2) is 41.1 Å². The predicted octanol–water partition coefficient (Wildman–Crippen LogP) is 2.54. The summed E-state index contributed by atoms with van der Waals surface area (Å²) in [6.07, 6.45) is 2.15. The summed E-state index contributed by atoms with van der Waals surface area (Å²) in [5, 5.41) is 8.90. The average molecular weight is 368 g/mol. The third-order valence-electron chi connectivity index (χ3n) is 4.28. The van der Waals surface area contributed by atoms with E-state index in [0.717, 1.165) is 23.1 Å². The van der Waals surface area contributed by atoms with E-state index in [4.69, 9.17) is 9.84 Å². The zero-order chi connectivity index (χ0) is 15.7. The number of aliphatic carboxylic acids is 1. The predicted molar refractivity (Wildman–Crippen MR) is 83.6 cm³/mol. The van der Waals surface area contributed by atoms with E-state index in [1.807, 2.05) is 24.3 Å². The molecule has 1 saturated carbocycles. The lowest BCUT2D eigenvalue weighted by Gasteiger charge is -2.32. The molecule has 0 spiro atoms. The number of ether oxygens (including phenoxy) is 1. The Morgan fingerprint density at radius 2 is 1.95 bits per heavy atom. The molecule has 22 heavy (non-hydrogen) atoms. The van der Waals surface area contributed by atoms with Crippen LogP contribution in [0.1, 0.15) is 19.3 Å². The third-order valence-corrected chi connectivity index (χ3v) is 4.77. The highest BCUT2D eigenvalue weighted by atomic mass is 79.9. The molecule has 1 aromatic rings. The Labute approximate surface area is 137 Å². The second-order valence-corrected chi connectivity index (χ2v) is 6.80. The number of nitrogens with zero attached hydrogens (tertiary/aromatic N) is 1. The minimum atomic E-state index is -0.855. The van der Waals surface area contributed by atoms with Crippen LogP contribution in [0.3, 0.4) is 0 Å². The Balaban J connectivity index is 1.48. The molecule has 3 rings (SSSR count). The maximum atomic E-state index is 12.2. The second-order valence-electron chi connectivity index (χ2n) is 5.89. The van der Waals surface area contributed by atoms with Gasteiger partial charge in [0.25, 0.3) is 0 Å². The molecule has 1 saturated heterocycles. The van der Waals surface area contributed by atoms with Gasteiger partial charge in [-0.1, -0.05) is 22.0 Å². The van der Waals surface area contributed by atoms with Crippen LogP contribution in [0, 0.1) is 11.8 Å². The van der Waals surface area contributed by atoms with Crippen LogP contribution in [-0.2, 0) is 9.59 Å². The van der Waals surface area contributed by atoms with E-state index in [0.29, 0.717) is 19.5 Å². The normalized spacial score (nSPS) is 24.9. The van der Waals surface area contributed by atoms with Crippen molar-refractivity contribution in [1.82, 2.24) is 4.90 Å². The topological polar surface area (TPSA) is 66.8 Å². The molecule has 2 aliphatic rings. The highest BCUT2D eigenvalue weighted by Gasteiger charge is 2.50. The van der Waals surface area contributed by atoms with Crippen LogP contribution in [0.15, 0.2) is 28.7 Å². The molecule has 5 nitrogen and oxygen atoms in total. The van der Waals surface area contributed by atoms with Crippen molar-refractivity contribution in [2.24, 2.45) is 11.8 Å². The molecule has 0 aromatic heterocycles. The van der Waals surface area contributed by atoms with E-state index in [9.17, 15) is 9.59 Å². The van der Waals surface area contributed by atoms with E-state index in [1.54, 1.807) is 4.90 Å². The molecule has 1 aromatic carbocycles. The molecular weight excluding hydrogens is 350 g/mol. The number of carboxylic acid groups (broad SMARTS) is 1. The lowest BCUT2D eigenvalue weighted by atomic mass is 10.1. The highest BCUT2D eigenvalue weighted by Crippen LogP contribution is 2.40. The summed E-state index contributed by atoms with van der Waals surface area (Å²) in [5.41, 5.74) is 0. The lowest BCUT2D eigenvalue weighted by Crippen LogP contribution is -2.42. The summed E-state index contributed by atoms with van der Waals surface area (Å²) in [6, 6.07) is 7.73. The molecule has 2 atom stereocenters. The van der Waals surface area contributed by atoms with Crippen molar-refractivity contribution in [3.05, 3.63) is 28.7 Å². The van der Waals surface area contributed by atoms with Gasteiger partial charge in [0.1, 0.15) is 11.9 Å².